The monoisotopic (exact) mass is 335 g/mol. The number of aromatic carboxylic acids is 2. The van der Waals surface area contributed by atoms with Crippen LogP contribution < -0.4 is 5.73 Å². The highest BCUT2D eigenvalue weighted by molar-refractivity contribution is 7.91. The Labute approximate surface area is 131 Å². The molecule has 0 aliphatic heterocycles. The quantitative estimate of drug-likeness (QED) is 0.725. The van der Waals surface area contributed by atoms with Crippen molar-refractivity contribution < 1.29 is 28.2 Å². The van der Waals surface area contributed by atoms with E-state index in [2.05, 4.69) is 0 Å². The molecule has 8 heteroatoms. The zero-order chi connectivity index (χ0) is 17.4. The van der Waals surface area contributed by atoms with E-state index in [0.29, 0.717) is 0 Å². The lowest BCUT2D eigenvalue weighted by Gasteiger charge is -2.12. The molecule has 0 amide bonds. The summed E-state index contributed by atoms with van der Waals surface area (Å²) in [5, 5.41) is 18.2. The third kappa shape index (κ3) is 2.88. The fourth-order valence-corrected chi connectivity index (χ4v) is 3.80. The summed E-state index contributed by atoms with van der Waals surface area (Å²) in [5.74, 6) is -2.62. The number of nitrogen functional groups attached to an aromatic ring is 1. The molecule has 0 saturated heterocycles. The zero-order valence-electron chi connectivity index (χ0n) is 12.0. The predicted octanol–water partition coefficient (Wildman–Crippen LogP) is 1.81. The second kappa shape index (κ2) is 5.73. The Hall–Kier alpha value is -2.87. The topological polar surface area (TPSA) is 135 Å². The number of carboxylic acid groups (broad SMARTS) is 2. The van der Waals surface area contributed by atoms with Crippen molar-refractivity contribution in [2.24, 2.45) is 0 Å². The molecule has 0 aliphatic rings. The van der Waals surface area contributed by atoms with Gasteiger partial charge >= 0.3 is 11.9 Å². The Bertz CT molecular complexity index is 918. The van der Waals surface area contributed by atoms with Gasteiger partial charge in [0.1, 0.15) is 0 Å². The van der Waals surface area contributed by atoms with Crippen molar-refractivity contribution in [3.05, 3.63) is 53.1 Å². The van der Waals surface area contributed by atoms with Gasteiger partial charge in [0, 0.05) is 0 Å². The highest BCUT2D eigenvalue weighted by atomic mass is 32.2. The molecule has 0 heterocycles. The minimum Gasteiger partial charge on any atom is -0.478 e. The van der Waals surface area contributed by atoms with E-state index in [9.17, 15) is 18.0 Å². The van der Waals surface area contributed by atoms with Crippen LogP contribution in [0.25, 0.3) is 0 Å². The first-order valence-corrected chi connectivity index (χ1v) is 7.85. The van der Waals surface area contributed by atoms with Gasteiger partial charge in [-0.3, -0.25) is 0 Å². The molecule has 0 fully saturated rings. The fourth-order valence-electron chi connectivity index (χ4n) is 2.16. The summed E-state index contributed by atoms with van der Waals surface area (Å²) in [7, 11) is -4.21. The molecule has 120 valence electrons. The summed E-state index contributed by atoms with van der Waals surface area (Å²) in [5.41, 5.74) is 5.14. The van der Waals surface area contributed by atoms with Crippen LogP contribution in [0.2, 0.25) is 0 Å². The molecule has 0 aromatic heterocycles. The number of hydrogen-bond acceptors (Lipinski definition) is 5. The van der Waals surface area contributed by atoms with Gasteiger partial charge in [0.2, 0.25) is 9.84 Å². The van der Waals surface area contributed by atoms with Crippen molar-refractivity contribution in [1.29, 1.82) is 0 Å². The normalized spacial score (nSPS) is 11.2. The van der Waals surface area contributed by atoms with Crippen molar-refractivity contribution in [3.8, 4) is 0 Å². The van der Waals surface area contributed by atoms with Crippen molar-refractivity contribution >= 4 is 27.5 Å². The van der Waals surface area contributed by atoms with E-state index in [4.69, 9.17) is 15.9 Å². The van der Waals surface area contributed by atoms with Crippen LogP contribution >= 0.6 is 0 Å². The first-order chi connectivity index (χ1) is 10.7. The van der Waals surface area contributed by atoms with Gasteiger partial charge in [0.15, 0.2) is 0 Å². The van der Waals surface area contributed by atoms with Crippen molar-refractivity contribution in [2.45, 2.75) is 16.7 Å². The fraction of sp³-hybridized carbons (Fsp3) is 0.0667. The molecule has 2 aromatic carbocycles. The van der Waals surface area contributed by atoms with Gasteiger partial charge < -0.3 is 15.9 Å². The molecule has 0 atom stereocenters. The second-order valence-electron chi connectivity index (χ2n) is 4.81. The van der Waals surface area contributed by atoms with Gasteiger partial charge in [-0.25, -0.2) is 18.0 Å². The average molecular weight is 335 g/mol. The molecule has 7 nitrogen and oxygen atoms in total. The molecule has 0 aliphatic carbocycles. The van der Waals surface area contributed by atoms with Gasteiger partial charge in [-0.15, -0.1) is 0 Å². The Kier molecular flexibility index (Phi) is 4.11. The molecule has 0 spiro atoms. The summed E-state index contributed by atoms with van der Waals surface area (Å²) in [6.45, 7) is 1.44. The Morgan fingerprint density at radius 1 is 0.957 bits per heavy atom. The zero-order valence-corrected chi connectivity index (χ0v) is 12.8. The lowest BCUT2D eigenvalue weighted by molar-refractivity contribution is 0.0683. The first-order valence-electron chi connectivity index (χ1n) is 6.37. The number of nitrogens with two attached hydrogens (primary N) is 1. The lowest BCUT2D eigenvalue weighted by atomic mass is 10.1. The Morgan fingerprint density at radius 3 is 2.09 bits per heavy atom. The van der Waals surface area contributed by atoms with E-state index in [-0.39, 0.29) is 27.3 Å². The Balaban J connectivity index is 2.74. The molecular formula is C15H13NO6S. The minimum absolute atomic E-state index is 0.118. The van der Waals surface area contributed by atoms with Gasteiger partial charge in [0.25, 0.3) is 0 Å². The maximum absolute atomic E-state index is 12.7. The van der Waals surface area contributed by atoms with Crippen LogP contribution in [0.4, 0.5) is 5.69 Å². The molecule has 2 aromatic rings. The van der Waals surface area contributed by atoms with Crippen molar-refractivity contribution in [3.63, 3.8) is 0 Å². The molecule has 0 unspecified atom stereocenters. The number of sulfone groups is 1. The standard InChI is InChI=1S/C15H13NO6S/c1-8-6-13(11(16)7-10(8)15(19)20)23(21,22)12-5-3-2-4-9(12)14(17)18/h2-7H,16H2,1H3,(H,17,18)(H,19,20). The Morgan fingerprint density at radius 2 is 1.52 bits per heavy atom. The number of rotatable bonds is 4. The van der Waals surface area contributed by atoms with E-state index in [1.807, 2.05) is 0 Å². The third-order valence-corrected chi connectivity index (χ3v) is 5.15. The molecule has 4 N–H and O–H groups in total. The van der Waals surface area contributed by atoms with Gasteiger partial charge in [-0.2, -0.15) is 0 Å². The highest BCUT2D eigenvalue weighted by Crippen LogP contribution is 2.30. The molecule has 2 rings (SSSR count). The van der Waals surface area contributed by atoms with Crippen LogP contribution in [0.15, 0.2) is 46.2 Å². The summed E-state index contributed by atoms with van der Waals surface area (Å²) in [6, 6.07) is 7.32. The summed E-state index contributed by atoms with van der Waals surface area (Å²) < 4.78 is 25.4. The van der Waals surface area contributed by atoms with Gasteiger partial charge in [0.05, 0.1) is 26.6 Å². The van der Waals surface area contributed by atoms with Crippen LogP contribution in [-0.4, -0.2) is 30.6 Å². The van der Waals surface area contributed by atoms with E-state index in [1.54, 1.807) is 0 Å². The summed E-state index contributed by atoms with van der Waals surface area (Å²) >= 11 is 0. The smallest absolute Gasteiger partial charge is 0.337 e. The van der Waals surface area contributed by atoms with Crippen LogP contribution in [0.5, 0.6) is 0 Å². The van der Waals surface area contributed by atoms with Crippen LogP contribution in [0, 0.1) is 6.92 Å². The van der Waals surface area contributed by atoms with Crippen molar-refractivity contribution in [2.75, 3.05) is 5.73 Å². The molecule has 0 saturated carbocycles. The number of carboxylic acids is 2. The van der Waals surface area contributed by atoms with Gasteiger partial charge in [-0.1, -0.05) is 12.1 Å². The number of anilines is 1. The number of carbonyl (C=O) groups is 2. The number of aryl methyl sites for hydroxylation is 1. The predicted molar refractivity (Wildman–Crippen MR) is 81.4 cm³/mol. The van der Waals surface area contributed by atoms with Crippen LogP contribution in [0.3, 0.4) is 0 Å². The average Bonchev–Trinajstić information content (AvgIpc) is 2.48. The van der Waals surface area contributed by atoms with Crippen LogP contribution in [-0.2, 0) is 9.84 Å². The molecule has 0 radical (unpaired) electrons. The summed E-state index contributed by atoms with van der Waals surface area (Å²) in [4.78, 5) is 21.6. The maximum Gasteiger partial charge on any atom is 0.337 e. The molecule has 0 bridgehead atoms. The second-order valence-corrected chi connectivity index (χ2v) is 6.70. The SMILES string of the molecule is Cc1cc(S(=O)(=O)c2ccccc2C(=O)O)c(N)cc1C(=O)O. The molecule has 23 heavy (non-hydrogen) atoms. The summed E-state index contributed by atoms with van der Waals surface area (Å²) in [6.07, 6.45) is 0. The van der Waals surface area contributed by atoms with E-state index >= 15 is 0 Å². The minimum atomic E-state index is -4.21. The molecular weight excluding hydrogens is 322 g/mol. The lowest BCUT2D eigenvalue weighted by Crippen LogP contribution is -2.12. The van der Waals surface area contributed by atoms with E-state index in [0.717, 1.165) is 12.1 Å². The van der Waals surface area contributed by atoms with Crippen LogP contribution in [0.1, 0.15) is 26.3 Å². The third-order valence-electron chi connectivity index (χ3n) is 3.28. The van der Waals surface area contributed by atoms with Crippen molar-refractivity contribution in [1.82, 2.24) is 0 Å². The largest absolute Gasteiger partial charge is 0.478 e. The highest BCUT2D eigenvalue weighted by Gasteiger charge is 2.27. The maximum atomic E-state index is 12.7. The van der Waals surface area contributed by atoms with E-state index in [1.165, 1.54) is 31.2 Å². The first kappa shape index (κ1) is 16.5. The van der Waals surface area contributed by atoms with E-state index < -0.39 is 26.7 Å². The number of benzene rings is 2. The number of hydrogen-bond donors (Lipinski definition) is 3. The van der Waals surface area contributed by atoms with Gasteiger partial charge in [-0.05, 0) is 36.8 Å².